The van der Waals surface area contributed by atoms with Crippen LogP contribution in [0.25, 0.3) is 10.9 Å². The summed E-state index contributed by atoms with van der Waals surface area (Å²) in [4.78, 5) is 28.5. The van der Waals surface area contributed by atoms with Crippen LogP contribution in [-0.2, 0) is 17.9 Å². The monoisotopic (exact) mass is 415 g/mol. The number of aromatic nitrogens is 1. The molecule has 144 valence electrons. The van der Waals surface area contributed by atoms with E-state index in [1.807, 2.05) is 30.5 Å². The Morgan fingerprint density at radius 2 is 1.93 bits per heavy atom. The van der Waals surface area contributed by atoms with Crippen LogP contribution in [0, 0.1) is 0 Å². The van der Waals surface area contributed by atoms with Crippen molar-refractivity contribution in [2.24, 2.45) is 5.73 Å². The molecule has 0 aliphatic heterocycles. The summed E-state index contributed by atoms with van der Waals surface area (Å²) in [5.74, 6) is -0.469. The number of hydrogen-bond acceptors (Lipinski definition) is 5. The van der Waals surface area contributed by atoms with Crippen LogP contribution in [0.1, 0.15) is 21.5 Å². The second kappa shape index (κ2) is 8.95. The molecule has 0 aliphatic carbocycles. The third kappa shape index (κ3) is 4.94. The van der Waals surface area contributed by atoms with Crippen LogP contribution in [0.3, 0.4) is 0 Å². The Kier molecular flexibility index (Phi) is 6.38. The number of fused-ring (bicyclic) bond motifs is 1. The number of pyridine rings is 1. The van der Waals surface area contributed by atoms with Gasteiger partial charge in [-0.15, -0.1) is 11.8 Å². The standard InChI is InChI=1S/C20H18ClN3O3S/c1-28-16-7-6-14-8-15(18(21)24-17(14)9-16)11-27-19(25)13-4-2-12(3-5-13)10-23-20(22)26/h2-9H,10-11H2,1H3,(H3,22,23,26). The van der Waals surface area contributed by atoms with Gasteiger partial charge in [-0.3, -0.25) is 0 Å². The Balaban J connectivity index is 1.67. The quantitative estimate of drug-likeness (QED) is 0.358. The number of nitrogens with one attached hydrogen (secondary N) is 1. The van der Waals surface area contributed by atoms with Crippen LogP contribution < -0.4 is 11.1 Å². The van der Waals surface area contributed by atoms with Crippen molar-refractivity contribution in [2.45, 2.75) is 18.0 Å². The minimum absolute atomic E-state index is 0.0237. The van der Waals surface area contributed by atoms with Crippen LogP contribution in [-0.4, -0.2) is 23.2 Å². The molecule has 1 heterocycles. The second-order valence-corrected chi connectivity index (χ2v) is 7.23. The summed E-state index contributed by atoms with van der Waals surface area (Å²) >= 11 is 7.89. The van der Waals surface area contributed by atoms with Gasteiger partial charge in [0, 0.05) is 22.4 Å². The van der Waals surface area contributed by atoms with E-state index in [-0.39, 0.29) is 6.61 Å². The zero-order valence-electron chi connectivity index (χ0n) is 15.1. The van der Waals surface area contributed by atoms with E-state index in [1.54, 1.807) is 36.0 Å². The maximum absolute atomic E-state index is 12.3. The first kappa shape index (κ1) is 20.0. The number of carbonyl (C=O) groups is 2. The van der Waals surface area contributed by atoms with E-state index in [0.29, 0.717) is 22.8 Å². The molecule has 0 fully saturated rings. The molecule has 0 aliphatic rings. The number of nitrogens with two attached hydrogens (primary N) is 1. The van der Waals surface area contributed by atoms with Gasteiger partial charge in [0.15, 0.2) is 0 Å². The van der Waals surface area contributed by atoms with E-state index in [0.717, 1.165) is 21.4 Å². The van der Waals surface area contributed by atoms with Crippen LogP contribution in [0.5, 0.6) is 0 Å². The number of nitrogens with zero attached hydrogens (tertiary/aromatic N) is 1. The predicted molar refractivity (Wildman–Crippen MR) is 111 cm³/mol. The Morgan fingerprint density at radius 3 is 2.61 bits per heavy atom. The summed E-state index contributed by atoms with van der Waals surface area (Å²) in [6, 6.07) is 13.9. The number of hydrogen-bond donors (Lipinski definition) is 2. The summed E-state index contributed by atoms with van der Waals surface area (Å²) < 4.78 is 5.37. The van der Waals surface area contributed by atoms with Crippen molar-refractivity contribution >= 4 is 46.3 Å². The van der Waals surface area contributed by atoms with Crippen molar-refractivity contribution in [2.75, 3.05) is 6.26 Å². The molecule has 2 aromatic carbocycles. The number of urea groups is 1. The number of ether oxygens (including phenoxy) is 1. The molecule has 6 nitrogen and oxygen atoms in total. The molecule has 0 radical (unpaired) electrons. The molecule has 0 saturated carbocycles. The third-order valence-corrected chi connectivity index (χ3v) is 5.12. The van der Waals surface area contributed by atoms with Gasteiger partial charge in [0.1, 0.15) is 11.8 Å². The van der Waals surface area contributed by atoms with Gasteiger partial charge >= 0.3 is 12.0 Å². The molecule has 8 heteroatoms. The van der Waals surface area contributed by atoms with Gasteiger partial charge in [-0.25, -0.2) is 14.6 Å². The Bertz CT molecular complexity index is 1030. The number of halogens is 1. The van der Waals surface area contributed by atoms with Gasteiger partial charge in [0.05, 0.1) is 11.1 Å². The normalized spacial score (nSPS) is 10.6. The first-order valence-corrected chi connectivity index (χ1v) is 9.99. The lowest BCUT2D eigenvalue weighted by Crippen LogP contribution is -2.28. The minimum atomic E-state index is -0.603. The third-order valence-electron chi connectivity index (χ3n) is 4.07. The van der Waals surface area contributed by atoms with Crippen LogP contribution >= 0.6 is 23.4 Å². The molecule has 0 spiro atoms. The average molecular weight is 416 g/mol. The Labute approximate surface area is 171 Å². The van der Waals surface area contributed by atoms with Crippen molar-refractivity contribution in [3.8, 4) is 0 Å². The fraction of sp³-hybridized carbons (Fsp3) is 0.150. The lowest BCUT2D eigenvalue weighted by molar-refractivity contribution is 0.0472. The van der Waals surface area contributed by atoms with Gasteiger partial charge in [0.25, 0.3) is 0 Å². The number of amides is 2. The van der Waals surface area contributed by atoms with Crippen LogP contribution in [0.2, 0.25) is 5.15 Å². The van der Waals surface area contributed by atoms with Crippen molar-refractivity contribution in [1.82, 2.24) is 10.3 Å². The maximum Gasteiger partial charge on any atom is 0.338 e. The zero-order valence-corrected chi connectivity index (χ0v) is 16.6. The smallest absolute Gasteiger partial charge is 0.338 e. The van der Waals surface area contributed by atoms with E-state index < -0.39 is 12.0 Å². The van der Waals surface area contributed by atoms with E-state index in [2.05, 4.69) is 10.3 Å². The highest BCUT2D eigenvalue weighted by Crippen LogP contribution is 2.25. The summed E-state index contributed by atoms with van der Waals surface area (Å²) in [6.07, 6.45) is 2.00. The summed E-state index contributed by atoms with van der Waals surface area (Å²) in [5, 5.41) is 3.73. The molecule has 0 atom stereocenters. The number of benzene rings is 2. The van der Waals surface area contributed by atoms with E-state index >= 15 is 0 Å². The number of thioether (sulfide) groups is 1. The molecule has 2 amide bonds. The fourth-order valence-corrected chi connectivity index (χ4v) is 3.20. The molecule has 3 rings (SSSR count). The number of esters is 1. The summed E-state index contributed by atoms with van der Waals surface area (Å²) in [6.45, 7) is 0.317. The highest BCUT2D eigenvalue weighted by atomic mass is 35.5. The molecule has 1 aromatic heterocycles. The number of primary amides is 1. The Hall–Kier alpha value is -2.77. The van der Waals surface area contributed by atoms with E-state index in [9.17, 15) is 9.59 Å². The molecule has 3 aromatic rings. The molecular formula is C20H18ClN3O3S. The molecular weight excluding hydrogens is 398 g/mol. The molecule has 0 bridgehead atoms. The lowest BCUT2D eigenvalue weighted by Gasteiger charge is -2.09. The summed E-state index contributed by atoms with van der Waals surface area (Å²) in [5.41, 5.74) is 7.69. The van der Waals surface area contributed by atoms with Crippen molar-refractivity contribution in [1.29, 1.82) is 0 Å². The van der Waals surface area contributed by atoms with Gasteiger partial charge in [-0.1, -0.05) is 29.8 Å². The van der Waals surface area contributed by atoms with Gasteiger partial charge in [0.2, 0.25) is 0 Å². The van der Waals surface area contributed by atoms with Crippen molar-refractivity contribution in [3.63, 3.8) is 0 Å². The first-order chi connectivity index (χ1) is 13.5. The SMILES string of the molecule is CSc1ccc2cc(COC(=O)c3ccc(CNC(N)=O)cc3)c(Cl)nc2c1. The van der Waals surface area contributed by atoms with Gasteiger partial charge < -0.3 is 15.8 Å². The van der Waals surface area contributed by atoms with Gasteiger partial charge in [-0.05, 0) is 42.2 Å². The van der Waals surface area contributed by atoms with Gasteiger partial charge in [-0.2, -0.15) is 0 Å². The fourth-order valence-electron chi connectivity index (χ4n) is 2.57. The molecule has 0 unspecified atom stereocenters. The van der Waals surface area contributed by atoms with Crippen molar-refractivity contribution < 1.29 is 14.3 Å². The molecule has 28 heavy (non-hydrogen) atoms. The highest BCUT2D eigenvalue weighted by Gasteiger charge is 2.11. The largest absolute Gasteiger partial charge is 0.457 e. The average Bonchev–Trinajstić information content (AvgIpc) is 2.70. The van der Waals surface area contributed by atoms with E-state index in [1.165, 1.54) is 0 Å². The van der Waals surface area contributed by atoms with E-state index in [4.69, 9.17) is 22.1 Å². The Morgan fingerprint density at radius 1 is 1.18 bits per heavy atom. The van der Waals surface area contributed by atoms with Crippen LogP contribution in [0.15, 0.2) is 53.4 Å². The zero-order chi connectivity index (χ0) is 20.1. The highest BCUT2D eigenvalue weighted by molar-refractivity contribution is 7.98. The molecule has 3 N–H and O–H groups in total. The van der Waals surface area contributed by atoms with Crippen LogP contribution in [0.4, 0.5) is 4.79 Å². The van der Waals surface area contributed by atoms with Crippen molar-refractivity contribution in [3.05, 3.63) is 70.4 Å². The number of rotatable bonds is 6. The first-order valence-electron chi connectivity index (χ1n) is 8.39. The topological polar surface area (TPSA) is 94.3 Å². The summed E-state index contributed by atoms with van der Waals surface area (Å²) in [7, 11) is 0. The number of carbonyl (C=O) groups excluding carboxylic acids is 2. The predicted octanol–water partition coefficient (Wildman–Crippen LogP) is 4.14. The maximum atomic E-state index is 12.3. The second-order valence-electron chi connectivity index (χ2n) is 5.99. The molecule has 0 saturated heterocycles. The minimum Gasteiger partial charge on any atom is -0.457 e. The lowest BCUT2D eigenvalue weighted by atomic mass is 10.1.